The highest BCUT2D eigenvalue weighted by Crippen LogP contribution is 2.32. The number of halogens is 8. The maximum Gasteiger partial charge on any atom is 0.251 e. The Hall–Kier alpha value is -9.26. The van der Waals surface area contributed by atoms with Gasteiger partial charge in [0.15, 0.2) is 58.1 Å². The van der Waals surface area contributed by atoms with Gasteiger partial charge in [0.05, 0.1) is 12.7 Å². The number of amides is 2. The smallest absolute Gasteiger partial charge is 0.251 e. The zero-order valence-corrected chi connectivity index (χ0v) is 43.1. The van der Waals surface area contributed by atoms with E-state index in [9.17, 15) is 54.3 Å². The molecular weight excluding hydrogens is 1060 g/mol. The molecule has 10 rings (SSSR count). The van der Waals surface area contributed by atoms with Crippen LogP contribution in [0.3, 0.4) is 0 Å². The first kappa shape index (κ1) is 56.5. The van der Waals surface area contributed by atoms with Crippen molar-refractivity contribution in [1.82, 2.24) is 25.6 Å². The third-order valence-electron chi connectivity index (χ3n) is 13.6. The van der Waals surface area contributed by atoms with Crippen molar-refractivity contribution in [3.8, 4) is 5.75 Å². The fraction of sp³-hybridized carbons (Fsp3) is 0.194. The lowest BCUT2D eigenvalue weighted by Gasteiger charge is -2.27. The van der Waals surface area contributed by atoms with E-state index in [2.05, 4.69) is 25.8 Å². The molecule has 1 aromatic heterocycles. The predicted octanol–water partition coefficient (Wildman–Crippen LogP) is 12.0. The first-order valence-corrected chi connectivity index (χ1v) is 25.8. The quantitative estimate of drug-likeness (QED) is 0.0861. The first-order chi connectivity index (χ1) is 39.0. The van der Waals surface area contributed by atoms with Gasteiger partial charge in [-0.05, 0) is 182 Å². The molecule has 3 fully saturated rings. The van der Waals surface area contributed by atoms with Crippen molar-refractivity contribution in [1.29, 1.82) is 0 Å². The number of ketones is 2. The van der Waals surface area contributed by atoms with Crippen LogP contribution in [0.25, 0.3) is 24.3 Å². The fourth-order valence-corrected chi connectivity index (χ4v) is 9.55. The van der Waals surface area contributed by atoms with Gasteiger partial charge in [-0.2, -0.15) is 0 Å². The maximum absolute atomic E-state index is 13.8. The van der Waals surface area contributed by atoms with Crippen LogP contribution < -0.4 is 20.3 Å². The molecule has 81 heavy (non-hydrogen) atoms. The Labute approximate surface area is 460 Å². The zero-order valence-electron chi connectivity index (χ0n) is 43.1. The molecule has 414 valence electrons. The second-order valence-corrected chi connectivity index (χ2v) is 19.5. The number of anilines is 1. The molecule has 0 bridgehead atoms. The van der Waals surface area contributed by atoms with Crippen LogP contribution in [-0.4, -0.2) is 70.2 Å². The van der Waals surface area contributed by atoms with Crippen LogP contribution >= 0.6 is 0 Å². The average molecular weight is 1110 g/mol. The molecule has 2 amide bonds. The number of carbonyl (C=O) groups is 4. The fourth-order valence-electron chi connectivity index (χ4n) is 9.55. The summed E-state index contributed by atoms with van der Waals surface area (Å²) in [5.41, 5.74) is 3.99. The van der Waals surface area contributed by atoms with Crippen molar-refractivity contribution < 1.29 is 59.0 Å². The molecule has 0 radical (unpaired) electrons. The first-order valence-electron chi connectivity index (χ1n) is 25.8. The summed E-state index contributed by atoms with van der Waals surface area (Å²) in [6.45, 7) is 2.83. The summed E-state index contributed by atoms with van der Waals surface area (Å²) in [7, 11) is 0. The van der Waals surface area contributed by atoms with Crippen molar-refractivity contribution in [2.45, 2.75) is 57.2 Å². The Kier molecular flexibility index (Phi) is 17.9. The van der Waals surface area contributed by atoms with Gasteiger partial charge in [0.2, 0.25) is 0 Å². The van der Waals surface area contributed by atoms with Gasteiger partial charge in [0, 0.05) is 70.5 Å². The van der Waals surface area contributed by atoms with Gasteiger partial charge in [0.1, 0.15) is 12.4 Å². The van der Waals surface area contributed by atoms with Crippen LogP contribution in [0.2, 0.25) is 0 Å². The Balaban J connectivity index is 0.000000196. The van der Waals surface area contributed by atoms with E-state index in [1.807, 2.05) is 12.1 Å². The van der Waals surface area contributed by atoms with E-state index in [1.54, 1.807) is 53.5 Å². The lowest BCUT2D eigenvalue weighted by Crippen LogP contribution is -2.39. The summed E-state index contributed by atoms with van der Waals surface area (Å²) >= 11 is 0. The van der Waals surface area contributed by atoms with Crippen LogP contribution in [-0.2, 0) is 16.1 Å². The molecular formula is C62H50F8N6O5. The summed E-state index contributed by atoms with van der Waals surface area (Å²) in [6.07, 6.45) is 11.9. The topological polar surface area (TPSA) is 136 Å². The lowest BCUT2D eigenvalue weighted by atomic mass is 9.83. The molecule has 1 aliphatic heterocycles. The van der Waals surface area contributed by atoms with Gasteiger partial charge in [-0.1, -0.05) is 29.5 Å². The van der Waals surface area contributed by atoms with E-state index in [4.69, 9.17) is 4.74 Å². The molecule has 0 atom stereocenters. The normalized spacial score (nSPS) is 18.3. The van der Waals surface area contributed by atoms with Gasteiger partial charge in [-0.15, -0.1) is 5.10 Å². The number of nitrogens with zero attached hydrogens (tertiary/aromatic N) is 4. The molecule has 3 aliphatic rings. The number of benzene rings is 6. The summed E-state index contributed by atoms with van der Waals surface area (Å²) in [5, 5.41) is 13.5. The van der Waals surface area contributed by atoms with E-state index < -0.39 is 70.3 Å². The minimum Gasteiger partial charge on any atom is -0.492 e. The van der Waals surface area contributed by atoms with E-state index in [-0.39, 0.29) is 81.9 Å². The molecule has 0 spiro atoms. The zero-order chi connectivity index (χ0) is 57.2. The van der Waals surface area contributed by atoms with Crippen molar-refractivity contribution in [2.24, 2.45) is 0 Å². The Morgan fingerprint density at radius 1 is 0.506 bits per heavy atom. The average Bonchev–Trinajstić information content (AvgIpc) is 4.20. The highest BCUT2D eigenvalue weighted by Gasteiger charge is 2.31. The number of hydrogen-bond acceptors (Lipinski definition) is 8. The summed E-state index contributed by atoms with van der Waals surface area (Å²) in [5.74, 6) is -9.23. The molecule has 2 aliphatic carbocycles. The van der Waals surface area contributed by atoms with Gasteiger partial charge >= 0.3 is 0 Å². The number of hydrogen-bond donors (Lipinski definition) is 2. The molecule has 2 N–H and O–H groups in total. The number of carbonyl (C=O) groups excluding carboxylic acids is 4. The second kappa shape index (κ2) is 25.7. The largest absolute Gasteiger partial charge is 0.492 e. The Morgan fingerprint density at radius 3 is 1.22 bits per heavy atom. The molecule has 0 unspecified atom stereocenters. The van der Waals surface area contributed by atoms with Crippen LogP contribution in [0.4, 0.5) is 40.8 Å². The molecule has 11 nitrogen and oxygen atoms in total. The monoisotopic (exact) mass is 1110 g/mol. The molecule has 2 heterocycles. The minimum atomic E-state index is -1.07. The van der Waals surface area contributed by atoms with Gasteiger partial charge in [-0.3, -0.25) is 19.2 Å². The van der Waals surface area contributed by atoms with Gasteiger partial charge < -0.3 is 20.3 Å². The SMILES string of the molecule is O=C1/C(=C/c2ccc(F)c(F)c2)CC(NC(=O)c2ccc(N3CCCC3)cc2)C/C1=C\c1ccc(F)c(F)c1.O=C1/C(=C/c2ccc(F)c(F)c2)CC(NC(=O)c2ccc(OCCn3ccnn3)cc2)C/C1=C\c1ccc(F)c(F)c1. The minimum absolute atomic E-state index is 0.113. The summed E-state index contributed by atoms with van der Waals surface area (Å²) in [4.78, 5) is 55.1. The maximum atomic E-state index is 13.8. The molecule has 19 heteroatoms. The van der Waals surface area contributed by atoms with E-state index in [0.29, 0.717) is 30.0 Å². The molecule has 1 saturated heterocycles. The third-order valence-corrected chi connectivity index (χ3v) is 13.6. The van der Waals surface area contributed by atoms with Crippen LogP contribution in [0.5, 0.6) is 5.75 Å². The Morgan fingerprint density at radius 2 is 0.877 bits per heavy atom. The number of ether oxygens (including phenoxy) is 1. The Bertz CT molecular complexity index is 3470. The van der Waals surface area contributed by atoms with Crippen molar-refractivity contribution in [3.63, 3.8) is 0 Å². The number of aromatic nitrogens is 3. The predicted molar refractivity (Wildman–Crippen MR) is 288 cm³/mol. The second-order valence-electron chi connectivity index (χ2n) is 19.5. The van der Waals surface area contributed by atoms with Crippen molar-refractivity contribution in [2.75, 3.05) is 24.6 Å². The van der Waals surface area contributed by atoms with Gasteiger partial charge in [-0.25, -0.2) is 39.8 Å². The van der Waals surface area contributed by atoms with Crippen LogP contribution in [0, 0.1) is 46.5 Å². The molecule has 7 aromatic rings. The summed E-state index contributed by atoms with van der Waals surface area (Å²) in [6, 6.07) is 25.9. The summed E-state index contributed by atoms with van der Waals surface area (Å²) < 4.78 is 116. The number of rotatable bonds is 13. The van der Waals surface area contributed by atoms with E-state index in [1.165, 1.54) is 48.6 Å². The standard InChI is InChI=1S/C31H24F4N4O3.C31H26F4N2O2/c32-26-7-1-19(15-28(26)34)13-22-17-24(18-23(30(22)40)14-20-2-8-27(33)29(35)16-20)37-31(41)21-3-5-25(6-4-21)42-12-11-39-10-9-36-38-39;32-26-9-3-19(15-28(26)34)13-22-17-24(18-23(30(22)38)14-20-4-10-27(33)29(35)16-20)36-31(39)21-5-7-25(8-6-21)37-11-1-2-12-37/h1-10,13-16,24H,11-12,17-18H2,(H,37,41);3-10,13-16,24H,1-2,11-12,17-18H2,(H,36,39)/b2*22-13+,23-14+. The molecule has 6 aromatic carbocycles. The highest BCUT2D eigenvalue weighted by molar-refractivity contribution is 6.15. The van der Waals surface area contributed by atoms with E-state index in [0.717, 1.165) is 80.1 Å². The van der Waals surface area contributed by atoms with E-state index >= 15 is 0 Å². The number of nitrogens with one attached hydrogen (secondary N) is 2. The lowest BCUT2D eigenvalue weighted by molar-refractivity contribution is -0.113. The van der Waals surface area contributed by atoms with Crippen molar-refractivity contribution in [3.05, 3.63) is 236 Å². The van der Waals surface area contributed by atoms with Crippen molar-refractivity contribution >= 4 is 53.4 Å². The number of Topliss-reactive ketones (excluding diaryl/α,β-unsaturated/α-hetero) is 2. The highest BCUT2D eigenvalue weighted by atomic mass is 19.2. The molecule has 2 saturated carbocycles. The third kappa shape index (κ3) is 14.7. The van der Waals surface area contributed by atoms with Crippen LogP contribution in [0.15, 0.2) is 156 Å². The van der Waals surface area contributed by atoms with Gasteiger partial charge in [0.25, 0.3) is 11.8 Å². The van der Waals surface area contributed by atoms with Crippen LogP contribution in [0.1, 0.15) is 81.5 Å².